The van der Waals surface area contributed by atoms with Crippen LogP contribution in [-0.2, 0) is 10.2 Å². The minimum Gasteiger partial charge on any atom is -0.357 e. The average molecular weight is 567 g/mol. The van der Waals surface area contributed by atoms with E-state index in [1.165, 1.54) is 16.9 Å². The molecule has 1 aliphatic carbocycles. The van der Waals surface area contributed by atoms with Crippen LogP contribution in [0.5, 0.6) is 0 Å². The molecular weight excluding hydrogens is 536 g/mol. The van der Waals surface area contributed by atoms with E-state index in [4.69, 9.17) is 11.6 Å². The van der Waals surface area contributed by atoms with Crippen molar-refractivity contribution < 1.29 is 9.59 Å². The van der Waals surface area contributed by atoms with E-state index in [1.54, 1.807) is 4.90 Å². The van der Waals surface area contributed by atoms with E-state index in [1.807, 2.05) is 66.0 Å². The Bertz CT molecular complexity index is 1620. The van der Waals surface area contributed by atoms with Gasteiger partial charge in [0.1, 0.15) is 0 Å². The number of fused-ring (bicyclic) bond motifs is 1. The second kappa shape index (κ2) is 10.4. The van der Waals surface area contributed by atoms with Crippen LogP contribution < -0.4 is 10.2 Å². The highest BCUT2D eigenvalue weighted by molar-refractivity contribution is 7.12. The van der Waals surface area contributed by atoms with Crippen molar-refractivity contribution >= 4 is 46.0 Å². The molecule has 0 unspecified atom stereocenters. The van der Waals surface area contributed by atoms with E-state index in [-0.39, 0.29) is 23.0 Å². The number of hydrogen-bond donors (Lipinski definition) is 1. The van der Waals surface area contributed by atoms with Crippen molar-refractivity contribution in [3.63, 3.8) is 0 Å². The molecular formula is C34H31ClN2O2S. The summed E-state index contributed by atoms with van der Waals surface area (Å²) in [7, 11) is 0. The van der Waals surface area contributed by atoms with Crippen molar-refractivity contribution in [2.45, 2.75) is 51.0 Å². The van der Waals surface area contributed by atoms with Crippen LogP contribution >= 0.6 is 22.9 Å². The molecule has 40 heavy (non-hydrogen) atoms. The van der Waals surface area contributed by atoms with Gasteiger partial charge in [0.2, 0.25) is 0 Å². The number of benzene rings is 3. The quantitative estimate of drug-likeness (QED) is 0.269. The van der Waals surface area contributed by atoms with Gasteiger partial charge in [0.15, 0.2) is 5.78 Å². The highest BCUT2D eigenvalue weighted by Crippen LogP contribution is 2.49. The molecule has 2 atom stereocenters. The molecule has 1 aromatic heterocycles. The number of carbonyl (C=O) groups excluding carboxylic acids is 2. The number of allylic oxidation sites excluding steroid dienone is 1. The van der Waals surface area contributed by atoms with Crippen LogP contribution in [0.15, 0.2) is 102 Å². The number of thiophene rings is 1. The summed E-state index contributed by atoms with van der Waals surface area (Å²) in [5.74, 6) is -0.0951. The summed E-state index contributed by atoms with van der Waals surface area (Å²) in [6, 6.07) is 27.0. The Labute approximate surface area is 244 Å². The van der Waals surface area contributed by atoms with Crippen LogP contribution in [0.4, 0.5) is 11.4 Å². The monoisotopic (exact) mass is 566 g/mol. The molecule has 6 rings (SSSR count). The lowest BCUT2D eigenvalue weighted by Crippen LogP contribution is -2.38. The number of halogens is 1. The van der Waals surface area contributed by atoms with Gasteiger partial charge in [-0.05, 0) is 64.1 Å². The first-order valence-electron chi connectivity index (χ1n) is 13.6. The average Bonchev–Trinajstić information content (AvgIpc) is 3.43. The summed E-state index contributed by atoms with van der Waals surface area (Å²) in [6.45, 7) is 6.61. The SMILES string of the molecule is CC(C)(C)c1ccc([C@H]2CC(=O)C3=C(C2)Nc2ccccc2N(C(=O)c2cccs2)[C@H]3c2ccccc2Cl)cc1. The van der Waals surface area contributed by atoms with Crippen LogP contribution in [0.3, 0.4) is 0 Å². The zero-order chi connectivity index (χ0) is 28.0. The highest BCUT2D eigenvalue weighted by atomic mass is 35.5. The van der Waals surface area contributed by atoms with Crippen molar-refractivity contribution in [1.82, 2.24) is 0 Å². The predicted octanol–water partition coefficient (Wildman–Crippen LogP) is 8.91. The summed E-state index contributed by atoms with van der Waals surface area (Å²) in [4.78, 5) is 30.8. The zero-order valence-electron chi connectivity index (χ0n) is 22.8. The van der Waals surface area contributed by atoms with Crippen LogP contribution in [0.2, 0.25) is 5.02 Å². The van der Waals surface area contributed by atoms with Gasteiger partial charge in [-0.2, -0.15) is 0 Å². The fourth-order valence-electron chi connectivity index (χ4n) is 5.81. The maximum atomic E-state index is 14.2. The summed E-state index contributed by atoms with van der Waals surface area (Å²) in [5.41, 5.74) is 6.18. The third-order valence-corrected chi connectivity index (χ3v) is 9.09. The normalized spacial score (nSPS) is 19.0. The molecule has 202 valence electrons. The molecule has 0 bridgehead atoms. The molecule has 1 amide bonds. The molecule has 0 spiro atoms. The lowest BCUT2D eigenvalue weighted by molar-refractivity contribution is -0.116. The minimum absolute atomic E-state index is 0.0281. The number of rotatable bonds is 3. The van der Waals surface area contributed by atoms with Crippen molar-refractivity contribution in [3.05, 3.63) is 128 Å². The standard InChI is InChI=1S/C34H31ClN2O2S/c1-34(2,3)23-16-14-21(15-17-23)22-19-27-31(29(38)20-22)32(24-9-4-5-10-25(24)35)37(33(39)30-13-8-18-40-30)28-12-7-6-11-26(28)36-27/h4-18,22,32,36H,19-20H2,1-3H3/t22-,32+/m1/s1. The minimum atomic E-state index is -0.661. The van der Waals surface area contributed by atoms with Gasteiger partial charge in [-0.3, -0.25) is 14.5 Å². The molecule has 2 heterocycles. The van der Waals surface area contributed by atoms with Gasteiger partial charge in [-0.25, -0.2) is 0 Å². The molecule has 0 saturated heterocycles. The molecule has 0 saturated carbocycles. The largest absolute Gasteiger partial charge is 0.357 e. The van der Waals surface area contributed by atoms with Gasteiger partial charge in [0.05, 0.1) is 22.3 Å². The summed E-state index contributed by atoms with van der Waals surface area (Å²) >= 11 is 8.19. The maximum Gasteiger partial charge on any atom is 0.269 e. The number of Topliss-reactive ketones (excluding diaryl/α,β-unsaturated/α-hetero) is 1. The zero-order valence-corrected chi connectivity index (χ0v) is 24.4. The lowest BCUT2D eigenvalue weighted by atomic mass is 9.77. The number of carbonyl (C=O) groups is 2. The topological polar surface area (TPSA) is 49.4 Å². The third-order valence-electron chi connectivity index (χ3n) is 7.89. The number of ketones is 1. The predicted molar refractivity (Wildman–Crippen MR) is 165 cm³/mol. The van der Waals surface area contributed by atoms with Crippen LogP contribution in [0.1, 0.15) is 71.9 Å². The van der Waals surface area contributed by atoms with Crippen molar-refractivity contribution in [1.29, 1.82) is 0 Å². The molecule has 0 radical (unpaired) electrons. The van der Waals surface area contributed by atoms with Crippen molar-refractivity contribution in [3.8, 4) is 0 Å². The number of para-hydroxylation sites is 2. The van der Waals surface area contributed by atoms with Crippen LogP contribution in [-0.4, -0.2) is 11.7 Å². The van der Waals surface area contributed by atoms with Gasteiger partial charge >= 0.3 is 0 Å². The van der Waals surface area contributed by atoms with E-state index in [0.29, 0.717) is 28.3 Å². The number of anilines is 2. The molecule has 6 heteroatoms. The van der Waals surface area contributed by atoms with E-state index in [2.05, 4.69) is 50.4 Å². The van der Waals surface area contributed by atoms with E-state index >= 15 is 0 Å². The Hall–Kier alpha value is -3.67. The first kappa shape index (κ1) is 26.5. The van der Waals surface area contributed by atoms with E-state index in [9.17, 15) is 9.59 Å². The van der Waals surface area contributed by atoms with Gasteiger partial charge in [-0.1, -0.05) is 93.0 Å². The van der Waals surface area contributed by atoms with E-state index < -0.39 is 6.04 Å². The van der Waals surface area contributed by atoms with Crippen LogP contribution in [0, 0.1) is 0 Å². The Morgan fingerprint density at radius 1 is 0.925 bits per heavy atom. The molecule has 1 aliphatic heterocycles. The van der Waals surface area contributed by atoms with Gasteiger partial charge < -0.3 is 5.32 Å². The van der Waals surface area contributed by atoms with Crippen LogP contribution in [0.25, 0.3) is 0 Å². The lowest BCUT2D eigenvalue weighted by Gasteiger charge is -2.35. The Kier molecular flexibility index (Phi) is 6.89. The Morgan fingerprint density at radius 2 is 1.65 bits per heavy atom. The fraction of sp³-hybridized carbons (Fsp3) is 0.235. The number of nitrogens with zero attached hydrogens (tertiary/aromatic N) is 1. The summed E-state index contributed by atoms with van der Waals surface area (Å²) in [5, 5.41) is 6.02. The van der Waals surface area contributed by atoms with Gasteiger partial charge in [-0.15, -0.1) is 11.3 Å². The van der Waals surface area contributed by atoms with Crippen molar-refractivity contribution in [2.24, 2.45) is 0 Å². The number of nitrogens with one attached hydrogen (secondary N) is 1. The molecule has 2 aliphatic rings. The van der Waals surface area contributed by atoms with Gasteiger partial charge in [0.25, 0.3) is 5.91 Å². The third kappa shape index (κ3) is 4.78. The number of hydrogen-bond acceptors (Lipinski definition) is 4. The maximum absolute atomic E-state index is 14.2. The Morgan fingerprint density at radius 3 is 2.35 bits per heavy atom. The molecule has 3 aromatic carbocycles. The van der Waals surface area contributed by atoms with Crippen molar-refractivity contribution in [2.75, 3.05) is 10.2 Å². The molecule has 0 fully saturated rings. The second-order valence-corrected chi connectivity index (χ2v) is 12.9. The van der Waals surface area contributed by atoms with E-state index in [0.717, 1.165) is 28.2 Å². The molecule has 4 nitrogen and oxygen atoms in total. The number of amides is 1. The summed E-state index contributed by atoms with van der Waals surface area (Å²) < 4.78 is 0. The van der Waals surface area contributed by atoms with Gasteiger partial charge in [0, 0.05) is 22.7 Å². The first-order chi connectivity index (χ1) is 19.2. The smallest absolute Gasteiger partial charge is 0.269 e. The first-order valence-corrected chi connectivity index (χ1v) is 14.8. The molecule has 4 aromatic rings. The highest BCUT2D eigenvalue weighted by Gasteiger charge is 2.42. The second-order valence-electron chi connectivity index (χ2n) is 11.5. The summed E-state index contributed by atoms with van der Waals surface area (Å²) in [6.07, 6.45) is 1.03. The Balaban J connectivity index is 1.51. The fourth-order valence-corrected chi connectivity index (χ4v) is 6.71. The molecule has 1 N–H and O–H groups in total.